The van der Waals surface area contributed by atoms with Crippen molar-refractivity contribution in [2.24, 2.45) is 5.73 Å². The fraction of sp³-hybridized carbons (Fsp3) is 0.300. The highest BCUT2D eigenvalue weighted by Gasteiger charge is 2.22. The monoisotopic (exact) mass is 273 g/mol. The lowest BCUT2D eigenvalue weighted by Gasteiger charge is -2.15. The van der Waals surface area contributed by atoms with Gasteiger partial charge in [0.1, 0.15) is 11.8 Å². The Labute approximate surface area is 95.8 Å². The summed E-state index contributed by atoms with van der Waals surface area (Å²) in [5.41, 5.74) is 6.99. The molecule has 0 amide bonds. The zero-order valence-corrected chi connectivity index (χ0v) is 10.00. The first-order chi connectivity index (χ1) is 6.86. The summed E-state index contributed by atoms with van der Waals surface area (Å²) >= 11 is 3.27. The van der Waals surface area contributed by atoms with Crippen LogP contribution >= 0.6 is 15.9 Å². The zero-order chi connectivity index (χ0) is 11.7. The first kappa shape index (κ1) is 12.0. The normalized spacial score (nSPS) is 12.5. The third kappa shape index (κ3) is 2.13. The average Bonchev–Trinajstić information content (AvgIpc) is 2.14. The summed E-state index contributed by atoms with van der Waals surface area (Å²) in [6.07, 6.45) is 0. The molecule has 5 heteroatoms. The van der Waals surface area contributed by atoms with E-state index >= 15 is 0 Å². The summed E-state index contributed by atoms with van der Waals surface area (Å²) in [6, 6.07) is 0.546. The molecule has 0 aromatic heterocycles. The van der Waals surface area contributed by atoms with Gasteiger partial charge in [0.15, 0.2) is 0 Å². The van der Waals surface area contributed by atoms with E-state index in [-0.39, 0.29) is 11.3 Å². The van der Waals surface area contributed by atoms with Crippen LogP contribution in [0.3, 0.4) is 0 Å². The van der Waals surface area contributed by atoms with Crippen molar-refractivity contribution in [1.29, 1.82) is 0 Å². The number of benzene rings is 1. The van der Waals surface area contributed by atoms with Gasteiger partial charge in [-0.25, -0.2) is 0 Å². The van der Waals surface area contributed by atoms with E-state index in [0.29, 0.717) is 11.1 Å². The van der Waals surface area contributed by atoms with Crippen LogP contribution in [0.15, 0.2) is 10.5 Å². The second-order valence-corrected chi connectivity index (χ2v) is 4.23. The van der Waals surface area contributed by atoms with E-state index in [1.165, 1.54) is 0 Å². The van der Waals surface area contributed by atoms with Crippen molar-refractivity contribution < 1.29 is 15.0 Å². The molecule has 15 heavy (non-hydrogen) atoms. The smallest absolute Gasteiger partial charge is 0.325 e. The Bertz CT molecular complexity index is 418. The molecule has 1 rings (SSSR count). The maximum atomic E-state index is 10.8. The van der Waals surface area contributed by atoms with Crippen molar-refractivity contribution in [1.82, 2.24) is 0 Å². The Hall–Kier alpha value is -1.07. The third-order valence-corrected chi connectivity index (χ3v) is 3.14. The summed E-state index contributed by atoms with van der Waals surface area (Å²) in [7, 11) is 0. The van der Waals surface area contributed by atoms with Crippen LogP contribution in [0.5, 0.6) is 5.75 Å². The van der Waals surface area contributed by atoms with Crippen LogP contribution in [0.4, 0.5) is 0 Å². The second-order valence-electron chi connectivity index (χ2n) is 3.38. The largest absolute Gasteiger partial charge is 0.507 e. The number of phenolic OH excluding ortho intramolecular Hbond substituents is 1. The predicted molar refractivity (Wildman–Crippen MR) is 59.8 cm³/mol. The van der Waals surface area contributed by atoms with Crippen molar-refractivity contribution in [3.8, 4) is 5.75 Å². The lowest BCUT2D eigenvalue weighted by molar-refractivity contribution is -0.138. The van der Waals surface area contributed by atoms with E-state index in [2.05, 4.69) is 15.9 Å². The van der Waals surface area contributed by atoms with Crippen molar-refractivity contribution in [3.05, 3.63) is 27.2 Å². The third-order valence-electron chi connectivity index (χ3n) is 2.31. The molecule has 1 aromatic rings. The number of carboxylic acids is 1. The molecule has 0 bridgehead atoms. The van der Waals surface area contributed by atoms with Gasteiger partial charge in [0.2, 0.25) is 0 Å². The van der Waals surface area contributed by atoms with Gasteiger partial charge >= 0.3 is 5.97 Å². The van der Waals surface area contributed by atoms with Crippen molar-refractivity contribution in [2.45, 2.75) is 19.9 Å². The maximum absolute atomic E-state index is 10.8. The second kappa shape index (κ2) is 4.20. The minimum absolute atomic E-state index is 0.0585. The number of aryl methyl sites for hydroxylation is 1. The molecule has 0 aliphatic rings. The Morgan fingerprint density at radius 1 is 1.53 bits per heavy atom. The van der Waals surface area contributed by atoms with E-state index in [0.717, 1.165) is 4.47 Å². The Morgan fingerprint density at radius 2 is 2.07 bits per heavy atom. The summed E-state index contributed by atoms with van der Waals surface area (Å²) < 4.78 is 0.735. The molecule has 0 saturated heterocycles. The minimum Gasteiger partial charge on any atom is -0.507 e. The molecule has 1 aromatic carbocycles. The number of nitrogens with two attached hydrogens (primary N) is 1. The SMILES string of the molecule is Cc1cc(Br)c(C)c(O)c1C(N)C(=O)O. The molecule has 82 valence electrons. The number of rotatable bonds is 2. The summed E-state index contributed by atoms with van der Waals surface area (Å²) in [4.78, 5) is 10.8. The Kier molecular flexibility index (Phi) is 3.36. The van der Waals surface area contributed by atoms with Gasteiger partial charge in [-0.3, -0.25) is 4.79 Å². The van der Waals surface area contributed by atoms with Gasteiger partial charge in [0.25, 0.3) is 0 Å². The highest BCUT2D eigenvalue weighted by atomic mass is 79.9. The van der Waals surface area contributed by atoms with E-state index in [1.54, 1.807) is 19.9 Å². The van der Waals surface area contributed by atoms with Gasteiger partial charge in [-0.05, 0) is 25.5 Å². The van der Waals surface area contributed by atoms with E-state index in [1.807, 2.05) is 0 Å². The minimum atomic E-state index is -1.20. The van der Waals surface area contributed by atoms with Crippen molar-refractivity contribution in [3.63, 3.8) is 0 Å². The number of aliphatic carboxylic acids is 1. The number of hydrogen-bond donors (Lipinski definition) is 3. The van der Waals surface area contributed by atoms with Gasteiger partial charge in [-0.2, -0.15) is 0 Å². The van der Waals surface area contributed by atoms with Gasteiger partial charge in [0.05, 0.1) is 0 Å². The lowest BCUT2D eigenvalue weighted by Crippen LogP contribution is -2.22. The molecule has 1 unspecified atom stereocenters. The Balaban J connectivity index is 3.42. The quantitative estimate of drug-likeness (QED) is 0.768. The molecule has 0 spiro atoms. The zero-order valence-electron chi connectivity index (χ0n) is 8.41. The van der Waals surface area contributed by atoms with Crippen LogP contribution in [-0.4, -0.2) is 16.2 Å². The number of aromatic hydroxyl groups is 1. The molecule has 0 radical (unpaired) electrons. The molecule has 0 heterocycles. The first-order valence-corrected chi connectivity index (χ1v) is 5.12. The van der Waals surface area contributed by atoms with Gasteiger partial charge in [-0.15, -0.1) is 0 Å². The van der Waals surface area contributed by atoms with Crippen LogP contribution in [-0.2, 0) is 4.79 Å². The number of hydrogen-bond acceptors (Lipinski definition) is 3. The molecule has 0 fully saturated rings. The first-order valence-electron chi connectivity index (χ1n) is 4.33. The highest BCUT2D eigenvalue weighted by molar-refractivity contribution is 9.10. The molecule has 1 atom stereocenters. The van der Waals surface area contributed by atoms with Crippen LogP contribution < -0.4 is 5.73 Å². The summed E-state index contributed by atoms with van der Waals surface area (Å²) in [5, 5.41) is 18.6. The van der Waals surface area contributed by atoms with E-state index < -0.39 is 12.0 Å². The van der Waals surface area contributed by atoms with Crippen molar-refractivity contribution >= 4 is 21.9 Å². The fourth-order valence-corrected chi connectivity index (χ4v) is 1.93. The summed E-state index contributed by atoms with van der Waals surface area (Å²) in [6.45, 7) is 3.40. The number of halogens is 1. The standard InChI is InChI=1S/C10H12BrNO3/c1-4-3-6(11)5(2)9(13)7(4)8(12)10(14)15/h3,8,13H,12H2,1-2H3,(H,14,15). The van der Waals surface area contributed by atoms with Gasteiger partial charge in [0, 0.05) is 15.6 Å². The molecule has 0 saturated carbocycles. The predicted octanol–water partition coefficient (Wildman–Crippen LogP) is 1.86. The van der Waals surface area contributed by atoms with Gasteiger partial charge in [-0.1, -0.05) is 15.9 Å². The number of carbonyl (C=O) groups is 1. The number of phenols is 1. The molecule has 0 aliphatic heterocycles. The Morgan fingerprint density at radius 3 is 2.53 bits per heavy atom. The molecule has 0 aliphatic carbocycles. The highest BCUT2D eigenvalue weighted by Crippen LogP contribution is 2.34. The maximum Gasteiger partial charge on any atom is 0.325 e. The lowest BCUT2D eigenvalue weighted by atomic mass is 9.98. The molecule has 4 N–H and O–H groups in total. The van der Waals surface area contributed by atoms with E-state index in [9.17, 15) is 9.90 Å². The van der Waals surface area contributed by atoms with Gasteiger partial charge < -0.3 is 15.9 Å². The molecular formula is C10H12BrNO3. The van der Waals surface area contributed by atoms with Crippen LogP contribution in [0.2, 0.25) is 0 Å². The summed E-state index contributed by atoms with van der Waals surface area (Å²) in [5.74, 6) is -1.22. The van der Waals surface area contributed by atoms with Crippen molar-refractivity contribution in [2.75, 3.05) is 0 Å². The fourth-order valence-electron chi connectivity index (χ4n) is 1.39. The van der Waals surface area contributed by atoms with Crippen LogP contribution in [0.25, 0.3) is 0 Å². The topological polar surface area (TPSA) is 83.5 Å². The number of carboxylic acid groups (broad SMARTS) is 1. The van der Waals surface area contributed by atoms with E-state index in [4.69, 9.17) is 10.8 Å². The molecular weight excluding hydrogens is 262 g/mol. The van der Waals surface area contributed by atoms with Crippen LogP contribution in [0, 0.1) is 13.8 Å². The average molecular weight is 274 g/mol. The van der Waals surface area contributed by atoms with Crippen LogP contribution in [0.1, 0.15) is 22.7 Å². The molecule has 4 nitrogen and oxygen atoms in total.